The minimum atomic E-state index is -0.422. The molecule has 1 heterocycles. The number of carbonyl (C=O) groups excluding carboxylic acids is 1. The van der Waals surface area contributed by atoms with Gasteiger partial charge in [0.1, 0.15) is 17.2 Å². The number of hydrogen-bond acceptors (Lipinski definition) is 5. The summed E-state index contributed by atoms with van der Waals surface area (Å²) in [5.74, 6) is 0.498. The molecule has 0 radical (unpaired) electrons. The number of amides is 1. The maximum absolute atomic E-state index is 12.3. The lowest BCUT2D eigenvalue weighted by atomic mass is 10.1. The number of nitrogens with one attached hydrogen (secondary N) is 2. The number of hydrogen-bond donors (Lipinski definition) is 3. The van der Waals surface area contributed by atoms with Gasteiger partial charge in [-0.25, -0.2) is 5.43 Å². The Labute approximate surface area is 188 Å². The number of para-hydroxylation sites is 1. The van der Waals surface area contributed by atoms with Crippen LogP contribution in [0.5, 0.6) is 11.5 Å². The molecule has 32 heavy (non-hydrogen) atoms. The first-order chi connectivity index (χ1) is 15.7. The number of H-pyrrole nitrogens is 1. The van der Waals surface area contributed by atoms with Crippen molar-refractivity contribution in [1.82, 2.24) is 15.6 Å². The number of aromatic nitrogens is 2. The molecule has 0 fully saturated rings. The Morgan fingerprint density at radius 2 is 1.84 bits per heavy atom. The monoisotopic (exact) mass is 434 g/mol. The lowest BCUT2D eigenvalue weighted by Crippen LogP contribution is -2.18. The molecule has 1 aromatic heterocycles. The maximum Gasteiger partial charge on any atom is 0.289 e. The van der Waals surface area contributed by atoms with Crippen molar-refractivity contribution < 1.29 is 14.6 Å². The summed E-state index contributed by atoms with van der Waals surface area (Å²) in [5, 5.41) is 20.5. The molecule has 7 heteroatoms. The van der Waals surface area contributed by atoms with Crippen molar-refractivity contribution >= 4 is 12.1 Å². The molecular weight excluding hydrogens is 404 g/mol. The van der Waals surface area contributed by atoms with Crippen LogP contribution in [0.15, 0.2) is 59.7 Å². The van der Waals surface area contributed by atoms with E-state index in [4.69, 9.17) is 4.74 Å². The molecule has 0 aliphatic carbocycles. The van der Waals surface area contributed by atoms with Gasteiger partial charge in [0, 0.05) is 11.1 Å². The summed E-state index contributed by atoms with van der Waals surface area (Å²) in [7, 11) is 0. The first-order valence-corrected chi connectivity index (χ1v) is 11.1. The van der Waals surface area contributed by atoms with Crippen LogP contribution in [-0.2, 0) is 0 Å². The topological polar surface area (TPSA) is 99.6 Å². The summed E-state index contributed by atoms with van der Waals surface area (Å²) in [6, 6.07) is 16.1. The molecule has 0 saturated heterocycles. The maximum atomic E-state index is 12.3. The minimum absolute atomic E-state index is 0.0914. The highest BCUT2D eigenvalue weighted by Gasteiger charge is 2.10. The van der Waals surface area contributed by atoms with E-state index in [1.807, 2.05) is 24.3 Å². The van der Waals surface area contributed by atoms with Crippen LogP contribution in [0.3, 0.4) is 0 Å². The Kier molecular flexibility index (Phi) is 8.86. The van der Waals surface area contributed by atoms with Crippen molar-refractivity contribution in [1.29, 1.82) is 0 Å². The summed E-state index contributed by atoms with van der Waals surface area (Å²) in [6.07, 6.45) is 8.79. The number of unbranched alkanes of at least 4 members (excludes halogenated alkanes) is 5. The summed E-state index contributed by atoms with van der Waals surface area (Å²) in [6.45, 7) is 2.94. The van der Waals surface area contributed by atoms with Crippen molar-refractivity contribution in [3.05, 3.63) is 65.9 Å². The van der Waals surface area contributed by atoms with Crippen LogP contribution in [0, 0.1) is 0 Å². The Bertz CT molecular complexity index is 1010. The predicted octanol–water partition coefficient (Wildman–Crippen LogP) is 5.29. The standard InChI is InChI=1S/C25H30N4O3/c1-2-3-4-5-6-9-16-32-21-14-12-19(13-15-21)22-17-23(28-27-22)25(31)29-26-18-20-10-7-8-11-24(20)30/h7-8,10-15,17-18,30H,2-6,9,16H2,1H3,(H,27,28)(H,29,31)/b26-18-. The van der Waals surface area contributed by atoms with Gasteiger partial charge in [-0.3, -0.25) is 9.89 Å². The highest BCUT2D eigenvalue weighted by atomic mass is 16.5. The number of rotatable bonds is 12. The fourth-order valence-corrected chi connectivity index (χ4v) is 3.20. The molecule has 1 amide bonds. The average Bonchev–Trinajstić information content (AvgIpc) is 3.31. The van der Waals surface area contributed by atoms with Gasteiger partial charge in [0.15, 0.2) is 0 Å². The van der Waals surface area contributed by atoms with Crippen LogP contribution < -0.4 is 10.2 Å². The molecule has 3 rings (SSSR count). The summed E-state index contributed by atoms with van der Waals surface area (Å²) in [4.78, 5) is 12.3. The van der Waals surface area contributed by atoms with Gasteiger partial charge in [0.25, 0.3) is 5.91 Å². The molecule has 3 N–H and O–H groups in total. The fraction of sp³-hybridized carbons (Fsp3) is 0.320. The number of aromatic amines is 1. The summed E-state index contributed by atoms with van der Waals surface area (Å²) < 4.78 is 5.81. The first kappa shape index (κ1) is 23.1. The number of hydrazone groups is 1. The van der Waals surface area contributed by atoms with Crippen molar-refractivity contribution in [2.45, 2.75) is 45.4 Å². The molecule has 0 aliphatic heterocycles. The van der Waals surface area contributed by atoms with Crippen molar-refractivity contribution in [2.75, 3.05) is 6.61 Å². The van der Waals surface area contributed by atoms with E-state index in [0.29, 0.717) is 11.3 Å². The van der Waals surface area contributed by atoms with E-state index in [1.165, 1.54) is 38.3 Å². The first-order valence-electron chi connectivity index (χ1n) is 11.1. The van der Waals surface area contributed by atoms with Crippen molar-refractivity contribution in [3.8, 4) is 22.8 Å². The quantitative estimate of drug-likeness (QED) is 0.205. The third kappa shape index (κ3) is 6.97. The van der Waals surface area contributed by atoms with Crippen LogP contribution in [0.4, 0.5) is 0 Å². The highest BCUT2D eigenvalue weighted by Crippen LogP contribution is 2.21. The average molecular weight is 435 g/mol. The van der Waals surface area contributed by atoms with Crippen LogP contribution in [0.1, 0.15) is 61.5 Å². The molecule has 0 spiro atoms. The molecule has 168 valence electrons. The van der Waals surface area contributed by atoms with E-state index in [1.54, 1.807) is 30.3 Å². The number of phenols is 1. The number of phenolic OH excluding ortho intramolecular Hbond substituents is 1. The van der Waals surface area contributed by atoms with Crippen molar-refractivity contribution in [3.63, 3.8) is 0 Å². The smallest absolute Gasteiger partial charge is 0.289 e. The molecule has 0 aliphatic rings. The third-order valence-electron chi connectivity index (χ3n) is 5.05. The van der Waals surface area contributed by atoms with Gasteiger partial charge in [-0.15, -0.1) is 0 Å². The molecule has 0 saturated carbocycles. The number of benzene rings is 2. The van der Waals surface area contributed by atoms with E-state index in [2.05, 4.69) is 27.6 Å². The van der Waals surface area contributed by atoms with Gasteiger partial charge in [0.2, 0.25) is 0 Å². The van der Waals surface area contributed by atoms with Crippen LogP contribution in [0.25, 0.3) is 11.3 Å². The Morgan fingerprint density at radius 3 is 2.62 bits per heavy atom. The normalized spacial score (nSPS) is 11.0. The lowest BCUT2D eigenvalue weighted by Gasteiger charge is -2.06. The Balaban J connectivity index is 1.47. The second-order valence-electron chi connectivity index (χ2n) is 7.57. The van der Waals surface area contributed by atoms with E-state index in [-0.39, 0.29) is 11.4 Å². The van der Waals surface area contributed by atoms with Gasteiger partial charge >= 0.3 is 0 Å². The minimum Gasteiger partial charge on any atom is -0.507 e. The second kappa shape index (κ2) is 12.3. The summed E-state index contributed by atoms with van der Waals surface area (Å²) >= 11 is 0. The number of carbonyl (C=O) groups is 1. The molecular formula is C25H30N4O3. The zero-order chi connectivity index (χ0) is 22.6. The molecule has 2 aromatic carbocycles. The fourth-order valence-electron chi connectivity index (χ4n) is 3.20. The predicted molar refractivity (Wildman–Crippen MR) is 126 cm³/mol. The van der Waals surface area contributed by atoms with Gasteiger partial charge in [-0.1, -0.05) is 51.2 Å². The number of ether oxygens (including phenoxy) is 1. The number of nitrogens with zero attached hydrogens (tertiary/aromatic N) is 2. The Morgan fingerprint density at radius 1 is 1.09 bits per heavy atom. The van der Waals surface area contributed by atoms with E-state index in [0.717, 1.165) is 24.3 Å². The van der Waals surface area contributed by atoms with E-state index < -0.39 is 5.91 Å². The van der Waals surface area contributed by atoms with Gasteiger partial charge in [0.05, 0.1) is 18.5 Å². The number of aromatic hydroxyl groups is 1. The molecule has 0 atom stereocenters. The third-order valence-corrected chi connectivity index (χ3v) is 5.05. The molecule has 0 unspecified atom stereocenters. The van der Waals surface area contributed by atoms with E-state index >= 15 is 0 Å². The molecule has 3 aromatic rings. The van der Waals surface area contributed by atoms with Gasteiger partial charge in [-0.2, -0.15) is 10.2 Å². The van der Waals surface area contributed by atoms with E-state index in [9.17, 15) is 9.90 Å². The van der Waals surface area contributed by atoms with Gasteiger partial charge < -0.3 is 9.84 Å². The largest absolute Gasteiger partial charge is 0.507 e. The van der Waals surface area contributed by atoms with Gasteiger partial charge in [-0.05, 0) is 48.9 Å². The van der Waals surface area contributed by atoms with Crippen LogP contribution in [0.2, 0.25) is 0 Å². The Hall–Kier alpha value is -3.61. The van der Waals surface area contributed by atoms with Crippen LogP contribution in [-0.4, -0.2) is 34.0 Å². The SMILES string of the molecule is CCCCCCCCOc1ccc(-c2cc(C(=O)N/N=C\c3ccccc3O)[nH]n2)cc1. The highest BCUT2D eigenvalue weighted by molar-refractivity contribution is 5.94. The second-order valence-corrected chi connectivity index (χ2v) is 7.57. The lowest BCUT2D eigenvalue weighted by molar-refractivity contribution is 0.0950. The molecule has 7 nitrogen and oxygen atoms in total. The zero-order valence-corrected chi connectivity index (χ0v) is 18.4. The van der Waals surface area contributed by atoms with Crippen LogP contribution >= 0.6 is 0 Å². The molecule has 0 bridgehead atoms. The summed E-state index contributed by atoms with van der Waals surface area (Å²) in [5.41, 5.74) is 4.76. The van der Waals surface area contributed by atoms with Crippen molar-refractivity contribution in [2.24, 2.45) is 5.10 Å². The zero-order valence-electron chi connectivity index (χ0n) is 18.4.